The Balaban J connectivity index is 2.28. The summed E-state index contributed by atoms with van der Waals surface area (Å²) in [7, 11) is 0. The van der Waals surface area contributed by atoms with E-state index in [4.69, 9.17) is 5.11 Å². The SMILES string of the molecule is Cc1ccccc1C(=O)N1C[C@H](O)C[C@H]1C(=O)O. The quantitative estimate of drug-likeness (QED) is 0.807. The molecule has 0 spiro atoms. The van der Waals surface area contributed by atoms with Crippen molar-refractivity contribution in [3.05, 3.63) is 35.4 Å². The van der Waals surface area contributed by atoms with E-state index >= 15 is 0 Å². The van der Waals surface area contributed by atoms with E-state index in [0.717, 1.165) is 5.56 Å². The number of benzene rings is 1. The number of aryl methyl sites for hydroxylation is 1. The van der Waals surface area contributed by atoms with E-state index < -0.39 is 18.1 Å². The van der Waals surface area contributed by atoms with Crippen LogP contribution in [-0.4, -0.2) is 45.7 Å². The van der Waals surface area contributed by atoms with Crippen LogP contribution in [0.4, 0.5) is 0 Å². The van der Waals surface area contributed by atoms with Crippen molar-refractivity contribution in [1.82, 2.24) is 4.90 Å². The number of carbonyl (C=O) groups is 2. The largest absolute Gasteiger partial charge is 0.480 e. The minimum atomic E-state index is -1.08. The summed E-state index contributed by atoms with van der Waals surface area (Å²) in [4.78, 5) is 24.6. The second-order valence-corrected chi connectivity index (χ2v) is 4.52. The lowest BCUT2D eigenvalue weighted by Crippen LogP contribution is -2.40. The highest BCUT2D eigenvalue weighted by Crippen LogP contribution is 2.22. The second kappa shape index (κ2) is 4.78. The summed E-state index contributed by atoms with van der Waals surface area (Å²) in [5.41, 5.74) is 1.28. The van der Waals surface area contributed by atoms with E-state index in [-0.39, 0.29) is 18.9 Å². The molecule has 5 nitrogen and oxygen atoms in total. The van der Waals surface area contributed by atoms with Gasteiger partial charge in [0.1, 0.15) is 6.04 Å². The zero-order valence-corrected chi connectivity index (χ0v) is 10.0. The van der Waals surface area contributed by atoms with Gasteiger partial charge in [-0.2, -0.15) is 0 Å². The maximum atomic E-state index is 12.3. The van der Waals surface area contributed by atoms with Gasteiger partial charge in [-0.3, -0.25) is 4.79 Å². The van der Waals surface area contributed by atoms with Crippen LogP contribution >= 0.6 is 0 Å². The number of carboxylic acids is 1. The Hall–Kier alpha value is -1.88. The number of likely N-dealkylation sites (tertiary alicyclic amines) is 1. The van der Waals surface area contributed by atoms with E-state index in [9.17, 15) is 14.7 Å². The molecule has 0 saturated carbocycles. The predicted octanol–water partition coefficient (Wildman–Crippen LogP) is 0.655. The molecule has 1 saturated heterocycles. The fourth-order valence-electron chi connectivity index (χ4n) is 2.24. The number of carboxylic acid groups (broad SMARTS) is 1. The van der Waals surface area contributed by atoms with Crippen molar-refractivity contribution in [2.45, 2.75) is 25.5 Å². The van der Waals surface area contributed by atoms with Gasteiger partial charge in [-0.05, 0) is 18.6 Å². The zero-order valence-electron chi connectivity index (χ0n) is 10.0. The van der Waals surface area contributed by atoms with Gasteiger partial charge in [0.15, 0.2) is 0 Å². The Morgan fingerprint density at radius 1 is 1.33 bits per heavy atom. The molecule has 2 atom stereocenters. The smallest absolute Gasteiger partial charge is 0.326 e. The minimum absolute atomic E-state index is 0.0735. The molecular weight excluding hydrogens is 234 g/mol. The summed E-state index contributed by atoms with van der Waals surface area (Å²) in [5, 5.41) is 18.6. The second-order valence-electron chi connectivity index (χ2n) is 4.52. The molecule has 0 aromatic heterocycles. The third kappa shape index (κ3) is 2.22. The first kappa shape index (κ1) is 12.6. The normalized spacial score (nSPS) is 23.1. The molecule has 1 aliphatic rings. The third-order valence-electron chi connectivity index (χ3n) is 3.20. The van der Waals surface area contributed by atoms with Gasteiger partial charge in [0.05, 0.1) is 6.10 Å². The molecule has 18 heavy (non-hydrogen) atoms. The molecule has 1 amide bonds. The average Bonchev–Trinajstić information content (AvgIpc) is 2.71. The minimum Gasteiger partial charge on any atom is -0.480 e. The molecule has 0 bridgehead atoms. The molecule has 1 aromatic carbocycles. The highest BCUT2D eigenvalue weighted by atomic mass is 16.4. The summed E-state index contributed by atoms with van der Waals surface area (Å²) in [6.45, 7) is 1.87. The molecule has 0 unspecified atom stereocenters. The van der Waals surface area contributed by atoms with Crippen LogP contribution in [0.15, 0.2) is 24.3 Å². The maximum absolute atomic E-state index is 12.3. The Labute approximate surface area is 105 Å². The first-order chi connectivity index (χ1) is 8.50. The van der Waals surface area contributed by atoms with E-state index in [2.05, 4.69) is 0 Å². The number of β-amino-alcohol motifs (C(OH)–C–C–N with tert-alkyl or cyclic N) is 1. The van der Waals surface area contributed by atoms with Crippen LogP contribution in [0.5, 0.6) is 0 Å². The Morgan fingerprint density at radius 2 is 2.00 bits per heavy atom. The molecule has 1 aliphatic heterocycles. The molecule has 96 valence electrons. The molecule has 1 heterocycles. The van der Waals surface area contributed by atoms with Crippen molar-refractivity contribution in [3.8, 4) is 0 Å². The number of aliphatic carboxylic acids is 1. The summed E-state index contributed by atoms with van der Waals surface area (Å²) in [6, 6.07) is 6.09. The van der Waals surface area contributed by atoms with Gasteiger partial charge in [-0.25, -0.2) is 4.79 Å². The number of rotatable bonds is 2. The molecule has 1 fully saturated rings. The van der Waals surface area contributed by atoms with Crippen molar-refractivity contribution in [1.29, 1.82) is 0 Å². The van der Waals surface area contributed by atoms with Gasteiger partial charge < -0.3 is 15.1 Å². The van der Waals surface area contributed by atoms with Crippen molar-refractivity contribution < 1.29 is 19.8 Å². The van der Waals surface area contributed by atoms with Gasteiger partial charge in [0.25, 0.3) is 5.91 Å². The average molecular weight is 249 g/mol. The first-order valence-corrected chi connectivity index (χ1v) is 5.78. The lowest BCUT2D eigenvalue weighted by molar-refractivity contribution is -0.141. The van der Waals surface area contributed by atoms with Crippen LogP contribution in [0.1, 0.15) is 22.3 Å². The van der Waals surface area contributed by atoms with Crippen molar-refractivity contribution in [2.24, 2.45) is 0 Å². The topological polar surface area (TPSA) is 77.8 Å². The first-order valence-electron chi connectivity index (χ1n) is 5.78. The monoisotopic (exact) mass is 249 g/mol. The molecule has 5 heteroatoms. The van der Waals surface area contributed by atoms with Crippen LogP contribution in [0, 0.1) is 6.92 Å². The van der Waals surface area contributed by atoms with Gasteiger partial charge in [-0.1, -0.05) is 18.2 Å². The molecule has 2 rings (SSSR count). The van der Waals surface area contributed by atoms with Crippen LogP contribution in [0.25, 0.3) is 0 Å². The van der Waals surface area contributed by atoms with Crippen LogP contribution < -0.4 is 0 Å². The number of aliphatic hydroxyl groups excluding tert-OH is 1. The van der Waals surface area contributed by atoms with Crippen molar-refractivity contribution >= 4 is 11.9 Å². The lowest BCUT2D eigenvalue weighted by atomic mass is 10.1. The zero-order chi connectivity index (χ0) is 13.3. The Kier molecular flexibility index (Phi) is 3.34. The van der Waals surface area contributed by atoms with E-state index in [1.807, 2.05) is 6.07 Å². The fraction of sp³-hybridized carbons (Fsp3) is 0.385. The molecular formula is C13H15NO4. The summed E-state index contributed by atoms with van der Waals surface area (Å²) in [5.74, 6) is -1.41. The summed E-state index contributed by atoms with van der Waals surface area (Å²) < 4.78 is 0. The Bertz CT molecular complexity index is 486. The van der Waals surface area contributed by atoms with Gasteiger partial charge in [-0.15, -0.1) is 0 Å². The summed E-state index contributed by atoms with van der Waals surface area (Å²) >= 11 is 0. The highest BCUT2D eigenvalue weighted by Gasteiger charge is 2.39. The fourth-order valence-corrected chi connectivity index (χ4v) is 2.24. The van der Waals surface area contributed by atoms with Crippen LogP contribution in [-0.2, 0) is 4.79 Å². The van der Waals surface area contributed by atoms with E-state index in [0.29, 0.717) is 5.56 Å². The highest BCUT2D eigenvalue weighted by molar-refractivity contribution is 5.98. The lowest BCUT2D eigenvalue weighted by Gasteiger charge is -2.21. The standard InChI is InChI=1S/C13H15NO4/c1-8-4-2-3-5-10(8)12(16)14-7-9(15)6-11(14)13(17)18/h2-5,9,11,15H,6-7H2,1H3,(H,17,18)/t9-,11+/m1/s1. The Morgan fingerprint density at radius 3 is 2.61 bits per heavy atom. The van der Waals surface area contributed by atoms with Gasteiger partial charge in [0, 0.05) is 18.5 Å². The summed E-state index contributed by atoms with van der Waals surface area (Å²) in [6.07, 6.45) is -0.675. The van der Waals surface area contributed by atoms with Crippen molar-refractivity contribution in [2.75, 3.05) is 6.54 Å². The van der Waals surface area contributed by atoms with E-state index in [1.165, 1.54) is 4.90 Å². The van der Waals surface area contributed by atoms with Gasteiger partial charge >= 0.3 is 5.97 Å². The molecule has 0 aliphatic carbocycles. The third-order valence-corrected chi connectivity index (χ3v) is 3.20. The maximum Gasteiger partial charge on any atom is 0.326 e. The van der Waals surface area contributed by atoms with Crippen LogP contribution in [0.2, 0.25) is 0 Å². The van der Waals surface area contributed by atoms with E-state index in [1.54, 1.807) is 25.1 Å². The number of amides is 1. The predicted molar refractivity (Wildman–Crippen MR) is 64.3 cm³/mol. The number of hydrogen-bond acceptors (Lipinski definition) is 3. The molecule has 2 N–H and O–H groups in total. The van der Waals surface area contributed by atoms with Crippen molar-refractivity contribution in [3.63, 3.8) is 0 Å². The molecule has 1 aromatic rings. The number of carbonyl (C=O) groups excluding carboxylic acids is 1. The van der Waals surface area contributed by atoms with Crippen LogP contribution in [0.3, 0.4) is 0 Å². The number of hydrogen-bond donors (Lipinski definition) is 2. The number of nitrogens with zero attached hydrogens (tertiary/aromatic N) is 1. The number of aliphatic hydroxyl groups is 1. The molecule has 0 radical (unpaired) electrons. The van der Waals surface area contributed by atoms with Gasteiger partial charge in [0.2, 0.25) is 0 Å².